The molecule has 1 aromatic heterocycles. The zero-order chi connectivity index (χ0) is 16.7. The molecule has 1 aromatic carbocycles. The molecule has 9 heteroatoms. The summed E-state index contributed by atoms with van der Waals surface area (Å²) in [5.74, 6) is -0.386. The molecule has 2 aromatic rings. The van der Waals surface area contributed by atoms with Crippen molar-refractivity contribution in [3.63, 3.8) is 0 Å². The van der Waals surface area contributed by atoms with E-state index in [1.807, 2.05) is 13.0 Å². The van der Waals surface area contributed by atoms with Crippen LogP contribution in [0.25, 0.3) is 0 Å². The maximum Gasteiger partial charge on any atom is 0.325 e. The van der Waals surface area contributed by atoms with E-state index in [9.17, 15) is 9.59 Å². The Bertz CT molecular complexity index is 662. The lowest BCUT2D eigenvalue weighted by atomic mass is 10.3. The summed E-state index contributed by atoms with van der Waals surface area (Å²) in [5.41, 5.74) is 0.623. The Hall–Kier alpha value is -2.13. The van der Waals surface area contributed by atoms with E-state index in [1.54, 1.807) is 31.2 Å². The Balaban J connectivity index is 1.83. The molecule has 7 nitrogen and oxygen atoms in total. The first-order valence-electron chi connectivity index (χ1n) is 6.99. The Morgan fingerprint density at radius 1 is 1.26 bits per heavy atom. The molecule has 0 fully saturated rings. The van der Waals surface area contributed by atoms with Crippen molar-refractivity contribution >= 4 is 45.9 Å². The topological polar surface area (TPSA) is 96.0 Å². The third kappa shape index (κ3) is 5.53. The van der Waals surface area contributed by atoms with Gasteiger partial charge in [0.05, 0.1) is 5.25 Å². The van der Waals surface area contributed by atoms with Crippen molar-refractivity contribution in [2.24, 2.45) is 0 Å². The lowest BCUT2D eigenvalue weighted by molar-refractivity contribution is -0.119. The molecule has 0 aliphatic carbocycles. The monoisotopic (exact) mass is 351 g/mol. The van der Waals surface area contributed by atoms with Gasteiger partial charge in [-0.3, -0.25) is 10.1 Å². The molecule has 1 atom stereocenters. The molecule has 0 bridgehead atoms. The van der Waals surface area contributed by atoms with Crippen molar-refractivity contribution < 1.29 is 9.59 Å². The summed E-state index contributed by atoms with van der Waals surface area (Å²) in [7, 11) is 0. The number of thioether (sulfide) groups is 1. The minimum atomic E-state index is -0.556. The van der Waals surface area contributed by atoms with E-state index in [0.29, 0.717) is 15.2 Å². The van der Waals surface area contributed by atoms with Crippen molar-refractivity contribution in [1.82, 2.24) is 15.5 Å². The van der Waals surface area contributed by atoms with E-state index in [-0.39, 0.29) is 5.91 Å². The fourth-order valence-corrected chi connectivity index (χ4v) is 3.55. The highest BCUT2D eigenvalue weighted by molar-refractivity contribution is 8.02. The molecule has 23 heavy (non-hydrogen) atoms. The van der Waals surface area contributed by atoms with Gasteiger partial charge in [0.15, 0.2) is 4.34 Å². The first-order valence-corrected chi connectivity index (χ1v) is 8.69. The number of urea groups is 1. The second-order valence-electron chi connectivity index (χ2n) is 4.47. The molecular weight excluding hydrogens is 334 g/mol. The third-order valence-electron chi connectivity index (χ3n) is 2.65. The summed E-state index contributed by atoms with van der Waals surface area (Å²) in [6, 6.07) is 8.37. The molecule has 0 unspecified atom stereocenters. The summed E-state index contributed by atoms with van der Waals surface area (Å²) in [5, 5.41) is 16.2. The van der Waals surface area contributed by atoms with Crippen LogP contribution < -0.4 is 16.0 Å². The number of amides is 3. The van der Waals surface area contributed by atoms with Crippen molar-refractivity contribution in [3.05, 3.63) is 30.3 Å². The summed E-state index contributed by atoms with van der Waals surface area (Å²) in [6.07, 6.45) is 0. The van der Waals surface area contributed by atoms with Crippen molar-refractivity contribution in [3.8, 4) is 0 Å². The molecule has 122 valence electrons. The van der Waals surface area contributed by atoms with Gasteiger partial charge < -0.3 is 10.6 Å². The fourth-order valence-electron chi connectivity index (χ4n) is 1.58. The zero-order valence-corrected chi connectivity index (χ0v) is 14.3. The molecule has 0 saturated carbocycles. The molecule has 0 radical (unpaired) electrons. The average Bonchev–Trinajstić information content (AvgIpc) is 2.95. The number of carbonyl (C=O) groups is 2. The molecule has 3 N–H and O–H groups in total. The standard InChI is InChI=1S/C14H17N5O2S2/c1-3-15-13-18-19-14(23-13)22-9(2)11(20)17-12(21)16-10-7-5-4-6-8-10/h4-9H,3H2,1-2H3,(H,15,18)(H2,16,17,20,21)/t9-/m1/s1. The van der Waals surface area contributed by atoms with Crippen LogP contribution in [-0.2, 0) is 4.79 Å². The van der Waals surface area contributed by atoms with Gasteiger partial charge in [-0.05, 0) is 26.0 Å². The van der Waals surface area contributed by atoms with Crippen LogP contribution in [0.1, 0.15) is 13.8 Å². The number of nitrogens with one attached hydrogen (secondary N) is 3. The Labute approximate surface area is 142 Å². The predicted octanol–water partition coefficient (Wildman–Crippen LogP) is 2.80. The van der Waals surface area contributed by atoms with Crippen LogP contribution in [0.3, 0.4) is 0 Å². The van der Waals surface area contributed by atoms with Crippen LogP contribution in [0.2, 0.25) is 0 Å². The van der Waals surface area contributed by atoms with E-state index in [0.717, 1.165) is 6.54 Å². The molecule has 0 aliphatic rings. The number of carbonyl (C=O) groups excluding carboxylic acids is 2. The number of aromatic nitrogens is 2. The van der Waals surface area contributed by atoms with E-state index in [4.69, 9.17) is 0 Å². The zero-order valence-electron chi connectivity index (χ0n) is 12.7. The first-order chi connectivity index (χ1) is 11.1. The highest BCUT2D eigenvalue weighted by Crippen LogP contribution is 2.28. The number of benzene rings is 1. The smallest absolute Gasteiger partial charge is 0.325 e. The fraction of sp³-hybridized carbons (Fsp3) is 0.286. The van der Waals surface area contributed by atoms with Gasteiger partial charge in [-0.15, -0.1) is 10.2 Å². The van der Waals surface area contributed by atoms with Gasteiger partial charge in [-0.1, -0.05) is 41.3 Å². The third-order valence-corrected chi connectivity index (χ3v) is 4.71. The van der Waals surface area contributed by atoms with Crippen molar-refractivity contribution in [1.29, 1.82) is 0 Å². The number of hydrogen-bond donors (Lipinski definition) is 3. The minimum Gasteiger partial charge on any atom is -0.360 e. The Morgan fingerprint density at radius 3 is 2.70 bits per heavy atom. The molecule has 0 aliphatic heterocycles. The van der Waals surface area contributed by atoms with Crippen molar-refractivity contribution in [2.45, 2.75) is 23.4 Å². The van der Waals surface area contributed by atoms with Crippen LogP contribution in [0.4, 0.5) is 15.6 Å². The molecular formula is C14H17N5O2S2. The van der Waals surface area contributed by atoms with Gasteiger partial charge >= 0.3 is 6.03 Å². The summed E-state index contributed by atoms with van der Waals surface area (Å²) in [4.78, 5) is 23.8. The molecule has 1 heterocycles. The van der Waals surface area contributed by atoms with E-state index in [1.165, 1.54) is 23.1 Å². The number of imide groups is 1. The highest BCUT2D eigenvalue weighted by Gasteiger charge is 2.19. The second kappa shape index (κ2) is 8.49. The highest BCUT2D eigenvalue weighted by atomic mass is 32.2. The van der Waals surface area contributed by atoms with Gasteiger partial charge in [0.1, 0.15) is 0 Å². The number of anilines is 2. The minimum absolute atomic E-state index is 0.386. The first kappa shape index (κ1) is 17.2. The van der Waals surface area contributed by atoms with Crippen LogP contribution in [0.5, 0.6) is 0 Å². The van der Waals surface area contributed by atoms with Gasteiger partial charge in [-0.25, -0.2) is 4.79 Å². The Morgan fingerprint density at radius 2 is 2.00 bits per heavy atom. The summed E-state index contributed by atoms with van der Waals surface area (Å²) in [6.45, 7) is 4.44. The lowest BCUT2D eigenvalue weighted by Crippen LogP contribution is -2.38. The number of hydrogen-bond acceptors (Lipinski definition) is 7. The van der Waals surface area contributed by atoms with E-state index < -0.39 is 11.3 Å². The van der Waals surface area contributed by atoms with E-state index in [2.05, 4.69) is 26.1 Å². The molecule has 3 amide bonds. The van der Waals surface area contributed by atoms with E-state index >= 15 is 0 Å². The van der Waals surface area contributed by atoms with Crippen LogP contribution >= 0.6 is 23.1 Å². The van der Waals surface area contributed by atoms with Gasteiger partial charge in [0, 0.05) is 12.2 Å². The van der Waals surface area contributed by atoms with Gasteiger partial charge in [-0.2, -0.15) is 0 Å². The van der Waals surface area contributed by atoms with Crippen LogP contribution in [0.15, 0.2) is 34.7 Å². The maximum absolute atomic E-state index is 12.0. The normalized spacial score (nSPS) is 11.6. The number of para-hydroxylation sites is 1. The SMILES string of the molecule is CCNc1nnc(S[C@H](C)C(=O)NC(=O)Nc2ccccc2)s1. The quantitative estimate of drug-likeness (QED) is 0.693. The van der Waals surface area contributed by atoms with Gasteiger partial charge in [0.2, 0.25) is 11.0 Å². The van der Waals surface area contributed by atoms with Gasteiger partial charge in [0.25, 0.3) is 0 Å². The average molecular weight is 351 g/mol. The van der Waals surface area contributed by atoms with Crippen LogP contribution in [-0.4, -0.2) is 33.9 Å². The Kier molecular flexibility index (Phi) is 6.36. The molecule has 0 spiro atoms. The summed E-state index contributed by atoms with van der Waals surface area (Å²) < 4.78 is 0.673. The summed E-state index contributed by atoms with van der Waals surface area (Å²) >= 11 is 2.63. The lowest BCUT2D eigenvalue weighted by Gasteiger charge is -2.10. The second-order valence-corrected chi connectivity index (χ2v) is 7.04. The molecule has 0 saturated heterocycles. The van der Waals surface area contributed by atoms with Crippen molar-refractivity contribution in [2.75, 3.05) is 17.2 Å². The maximum atomic E-state index is 12.0. The number of nitrogens with zero attached hydrogens (tertiary/aromatic N) is 2. The molecule has 2 rings (SSSR count). The van der Waals surface area contributed by atoms with Crippen LogP contribution in [0, 0.1) is 0 Å². The predicted molar refractivity (Wildman–Crippen MR) is 93.0 cm³/mol. The number of rotatable bonds is 6. The largest absolute Gasteiger partial charge is 0.360 e.